The zero-order valence-corrected chi connectivity index (χ0v) is 29.5. The average Bonchev–Trinajstić information content (AvgIpc) is 3.65. The quantitative estimate of drug-likeness (QED) is 0.168. The van der Waals surface area contributed by atoms with Crippen LogP contribution in [0.15, 0.2) is 152 Å². The van der Waals surface area contributed by atoms with E-state index in [0.29, 0.717) is 0 Å². The number of nitrogens with zero attached hydrogens (tertiary/aromatic N) is 1. The lowest BCUT2D eigenvalue weighted by molar-refractivity contribution is 0.594. The Morgan fingerprint density at radius 2 is 0.863 bits per heavy atom. The predicted molar refractivity (Wildman–Crippen MR) is 214 cm³/mol. The van der Waals surface area contributed by atoms with Crippen molar-refractivity contribution in [3.63, 3.8) is 0 Å². The molecule has 0 spiro atoms. The van der Waals surface area contributed by atoms with Crippen LogP contribution in [0.2, 0.25) is 0 Å². The number of fused-ring (bicyclic) bond motifs is 4. The highest BCUT2D eigenvalue weighted by molar-refractivity contribution is 6.14. The van der Waals surface area contributed by atoms with Gasteiger partial charge >= 0.3 is 0 Å². The third-order valence-corrected chi connectivity index (χ3v) is 12.6. The minimum Gasteiger partial charge on any atom is -0.308 e. The van der Waals surface area contributed by atoms with Gasteiger partial charge in [-0.25, -0.2) is 0 Å². The van der Waals surface area contributed by atoms with Crippen LogP contribution in [-0.4, -0.2) is 13.0 Å². The van der Waals surface area contributed by atoms with Gasteiger partial charge in [-0.05, 0) is 85.0 Å². The fourth-order valence-electron chi connectivity index (χ4n) is 10.3. The summed E-state index contributed by atoms with van der Waals surface area (Å²) in [5, 5.41) is 2.73. The maximum absolute atomic E-state index is 2.62. The highest BCUT2D eigenvalue weighted by Crippen LogP contribution is 2.59. The summed E-state index contributed by atoms with van der Waals surface area (Å²) in [7, 11) is 0. The number of rotatable bonds is 3. The summed E-state index contributed by atoms with van der Waals surface area (Å²) in [6, 6.07) is 57.5. The van der Waals surface area contributed by atoms with E-state index < -0.39 is 5.41 Å². The second-order valence-electron chi connectivity index (χ2n) is 15.7. The lowest BCUT2D eigenvalue weighted by Crippen LogP contribution is -2.33. The van der Waals surface area contributed by atoms with E-state index in [1.807, 2.05) is 0 Å². The molecule has 0 saturated heterocycles. The first kappa shape index (κ1) is 30.2. The second kappa shape index (κ2) is 10.0. The standard InChI is InChI=1S/C49H37N.B/c1-47(2)39-23-13-20-36-37-21-14-24-40-45(37)50(44(36)39)46-42(47)28-31(29-43(46)48(40,3)4)30-25-26-35-34-19-11-12-22-38(34)49(41(35)27-30,32-15-7-5-8-16-32)33-17-9-6-10-18-33;/h5-29H,1-4H3;. The molecule has 51 heavy (non-hydrogen) atoms. The maximum atomic E-state index is 2.62. The first-order valence-electron chi connectivity index (χ1n) is 18.0. The molecule has 0 amide bonds. The van der Waals surface area contributed by atoms with Crippen LogP contribution in [0.5, 0.6) is 0 Å². The predicted octanol–water partition coefficient (Wildman–Crippen LogP) is 11.7. The third kappa shape index (κ3) is 3.53. The molecule has 0 unspecified atom stereocenters. The summed E-state index contributed by atoms with van der Waals surface area (Å²) in [4.78, 5) is 0. The van der Waals surface area contributed by atoms with Crippen LogP contribution in [-0.2, 0) is 16.2 Å². The molecule has 2 heteroatoms. The van der Waals surface area contributed by atoms with Gasteiger partial charge in [0, 0.05) is 30.0 Å². The number of hydrogen-bond acceptors (Lipinski definition) is 0. The largest absolute Gasteiger partial charge is 0.308 e. The number of hydrogen-bond donors (Lipinski definition) is 0. The van der Waals surface area contributed by atoms with Gasteiger partial charge in [0.15, 0.2) is 0 Å². The molecule has 11 rings (SSSR count). The molecular weight excluding hydrogens is 613 g/mol. The van der Waals surface area contributed by atoms with Crippen LogP contribution in [0.4, 0.5) is 0 Å². The minimum absolute atomic E-state index is 0. The van der Waals surface area contributed by atoms with Gasteiger partial charge in [-0.3, -0.25) is 0 Å². The SMILES string of the molecule is CC1(C)c2cc(-c3ccc4c(c3)C(c3ccccc3)(c3ccccc3)c3ccccc3-4)cc3c2-n2c4c1cccc4c1cccc(c12)C3(C)C.[B]. The molecule has 0 N–H and O–H groups in total. The monoisotopic (exact) mass is 650 g/mol. The summed E-state index contributed by atoms with van der Waals surface area (Å²) in [6.07, 6.45) is 0. The van der Waals surface area contributed by atoms with Crippen LogP contribution in [0, 0.1) is 0 Å². The Morgan fingerprint density at radius 3 is 1.43 bits per heavy atom. The fraction of sp³-hybridized carbons (Fsp3) is 0.143. The first-order chi connectivity index (χ1) is 24.3. The van der Waals surface area contributed by atoms with Crippen molar-refractivity contribution in [3.05, 3.63) is 196 Å². The summed E-state index contributed by atoms with van der Waals surface area (Å²) < 4.78 is 2.62. The average molecular weight is 651 g/mol. The molecule has 7 aromatic carbocycles. The van der Waals surface area contributed by atoms with Crippen molar-refractivity contribution in [2.24, 2.45) is 0 Å². The van der Waals surface area contributed by atoms with Gasteiger partial charge in [-0.1, -0.05) is 161 Å². The molecule has 0 atom stereocenters. The molecule has 3 heterocycles. The molecule has 241 valence electrons. The zero-order valence-electron chi connectivity index (χ0n) is 29.5. The molecule has 1 nitrogen and oxygen atoms in total. The molecule has 0 saturated carbocycles. The molecule has 3 aliphatic rings. The van der Waals surface area contributed by atoms with E-state index in [4.69, 9.17) is 0 Å². The van der Waals surface area contributed by atoms with Crippen LogP contribution in [0.3, 0.4) is 0 Å². The van der Waals surface area contributed by atoms with Crippen LogP contribution >= 0.6 is 0 Å². The molecule has 0 fully saturated rings. The van der Waals surface area contributed by atoms with E-state index in [1.165, 1.54) is 94.3 Å². The lowest BCUT2D eigenvalue weighted by Gasteiger charge is -2.42. The highest BCUT2D eigenvalue weighted by Gasteiger charge is 2.47. The van der Waals surface area contributed by atoms with E-state index in [1.54, 1.807) is 0 Å². The van der Waals surface area contributed by atoms with Gasteiger partial charge in [0.1, 0.15) is 0 Å². The maximum Gasteiger partial charge on any atom is 0.0713 e. The van der Waals surface area contributed by atoms with Crippen LogP contribution in [0.1, 0.15) is 72.2 Å². The van der Waals surface area contributed by atoms with Gasteiger partial charge in [-0.15, -0.1) is 0 Å². The second-order valence-corrected chi connectivity index (χ2v) is 15.7. The lowest BCUT2D eigenvalue weighted by atomic mass is 9.66. The van der Waals surface area contributed by atoms with Gasteiger partial charge in [-0.2, -0.15) is 0 Å². The fourth-order valence-corrected chi connectivity index (χ4v) is 10.3. The van der Waals surface area contributed by atoms with E-state index in [-0.39, 0.29) is 19.2 Å². The number of para-hydroxylation sites is 2. The highest BCUT2D eigenvalue weighted by atomic mass is 15.0. The third-order valence-electron chi connectivity index (χ3n) is 12.6. The Balaban J connectivity index is 0.00000327. The molecule has 1 aromatic heterocycles. The van der Waals surface area contributed by atoms with E-state index in [2.05, 4.69) is 184 Å². The Bertz CT molecular complexity index is 2610. The summed E-state index contributed by atoms with van der Waals surface area (Å²) in [6.45, 7) is 9.72. The smallest absolute Gasteiger partial charge is 0.0713 e. The van der Waals surface area contributed by atoms with E-state index in [9.17, 15) is 0 Å². The van der Waals surface area contributed by atoms with Gasteiger partial charge in [0.2, 0.25) is 0 Å². The van der Waals surface area contributed by atoms with Crippen molar-refractivity contribution >= 4 is 30.2 Å². The molecular formula is C49H37BN. The van der Waals surface area contributed by atoms with E-state index in [0.717, 1.165) is 0 Å². The Kier molecular flexibility index (Phi) is 5.94. The van der Waals surface area contributed by atoms with Crippen molar-refractivity contribution < 1.29 is 0 Å². The normalized spacial score (nSPS) is 16.2. The number of aromatic nitrogens is 1. The molecule has 1 aliphatic carbocycles. The van der Waals surface area contributed by atoms with Gasteiger partial charge < -0.3 is 4.57 Å². The summed E-state index contributed by atoms with van der Waals surface area (Å²) in [5.74, 6) is 0. The van der Waals surface area contributed by atoms with Gasteiger partial charge in [0.25, 0.3) is 0 Å². The Labute approximate surface area is 301 Å². The van der Waals surface area contributed by atoms with Crippen LogP contribution < -0.4 is 0 Å². The van der Waals surface area contributed by atoms with Crippen molar-refractivity contribution in [3.8, 4) is 27.9 Å². The summed E-state index contributed by atoms with van der Waals surface area (Å²) in [5.41, 5.74) is 19.5. The number of benzene rings is 7. The van der Waals surface area contributed by atoms with Gasteiger partial charge in [0.05, 0.1) is 22.1 Å². The minimum atomic E-state index is -0.425. The molecule has 2 aliphatic heterocycles. The van der Waals surface area contributed by atoms with Crippen molar-refractivity contribution in [1.82, 2.24) is 4.57 Å². The van der Waals surface area contributed by atoms with Crippen molar-refractivity contribution in [1.29, 1.82) is 0 Å². The Morgan fingerprint density at radius 1 is 0.392 bits per heavy atom. The van der Waals surface area contributed by atoms with E-state index >= 15 is 0 Å². The topological polar surface area (TPSA) is 4.93 Å². The Hall–Kier alpha value is -5.60. The molecule has 3 radical (unpaired) electrons. The molecule has 0 bridgehead atoms. The van der Waals surface area contributed by atoms with Crippen LogP contribution in [0.25, 0.3) is 49.7 Å². The zero-order chi connectivity index (χ0) is 33.6. The first-order valence-corrected chi connectivity index (χ1v) is 18.0. The van der Waals surface area contributed by atoms with Crippen molar-refractivity contribution in [2.45, 2.75) is 43.9 Å². The molecule has 8 aromatic rings. The summed E-state index contributed by atoms with van der Waals surface area (Å²) >= 11 is 0. The van der Waals surface area contributed by atoms with Crippen molar-refractivity contribution in [2.75, 3.05) is 0 Å².